The summed E-state index contributed by atoms with van der Waals surface area (Å²) in [5.41, 5.74) is 4.30. The minimum Gasteiger partial charge on any atom is -0.496 e. The number of carbonyl (C=O) groups excluding carboxylic acids is 2. The second kappa shape index (κ2) is 9.57. The Labute approximate surface area is 240 Å². The Morgan fingerprint density at radius 1 is 1.10 bits per heavy atom. The van der Waals surface area contributed by atoms with Crippen molar-refractivity contribution in [2.45, 2.75) is 71.8 Å². The molecule has 1 amide bonds. The molecule has 8 heteroatoms. The monoisotopic (exact) mass is 556 g/mol. The van der Waals surface area contributed by atoms with Crippen LogP contribution in [0.5, 0.6) is 5.75 Å². The first kappa shape index (κ1) is 27.2. The lowest BCUT2D eigenvalue weighted by atomic mass is 9.70. The molecule has 0 bridgehead atoms. The Morgan fingerprint density at radius 2 is 1.83 bits per heavy atom. The predicted molar refractivity (Wildman–Crippen MR) is 152 cm³/mol. The van der Waals surface area contributed by atoms with E-state index in [9.17, 15) is 19.5 Å². The highest BCUT2D eigenvalue weighted by Crippen LogP contribution is 2.61. The zero-order valence-corrected chi connectivity index (χ0v) is 24.5. The van der Waals surface area contributed by atoms with E-state index in [-0.39, 0.29) is 34.8 Å². The number of benzene rings is 1. The number of nitrogens with zero attached hydrogens (tertiary/aromatic N) is 2. The van der Waals surface area contributed by atoms with Gasteiger partial charge in [0.05, 0.1) is 24.3 Å². The number of carboxylic acid groups (broad SMARTS) is 1. The average molecular weight is 557 g/mol. The van der Waals surface area contributed by atoms with Gasteiger partial charge in [-0.2, -0.15) is 0 Å². The zero-order chi connectivity index (χ0) is 29.4. The fourth-order valence-electron chi connectivity index (χ4n) is 6.99. The van der Waals surface area contributed by atoms with E-state index in [2.05, 4.69) is 18.8 Å². The van der Waals surface area contributed by atoms with Crippen LogP contribution in [0.2, 0.25) is 0 Å². The van der Waals surface area contributed by atoms with Gasteiger partial charge in [-0.15, -0.1) is 0 Å². The van der Waals surface area contributed by atoms with Gasteiger partial charge in [-0.3, -0.25) is 9.59 Å². The maximum absolute atomic E-state index is 14.1. The summed E-state index contributed by atoms with van der Waals surface area (Å²) < 4.78 is 12.4. The lowest BCUT2D eigenvalue weighted by molar-refractivity contribution is -0.131. The number of carboxylic acids is 1. The van der Waals surface area contributed by atoms with Crippen molar-refractivity contribution in [1.29, 1.82) is 0 Å². The van der Waals surface area contributed by atoms with E-state index in [4.69, 9.17) is 9.47 Å². The van der Waals surface area contributed by atoms with Gasteiger partial charge in [0.1, 0.15) is 17.3 Å². The lowest BCUT2D eigenvalue weighted by Gasteiger charge is -2.44. The van der Waals surface area contributed by atoms with Gasteiger partial charge in [-0.1, -0.05) is 19.9 Å². The third-order valence-corrected chi connectivity index (χ3v) is 9.52. The second-order valence-electron chi connectivity index (χ2n) is 12.4. The Bertz CT molecular complexity index is 1580. The van der Waals surface area contributed by atoms with Crippen molar-refractivity contribution in [3.63, 3.8) is 0 Å². The number of likely N-dealkylation sites (N-methyl/N-ethyl adjacent to an activating group) is 1. The van der Waals surface area contributed by atoms with Gasteiger partial charge >= 0.3 is 5.97 Å². The molecule has 0 radical (unpaired) electrons. The van der Waals surface area contributed by atoms with Crippen LogP contribution >= 0.6 is 0 Å². The lowest BCUT2D eigenvalue weighted by Crippen LogP contribution is -2.48. The first-order valence-electron chi connectivity index (χ1n) is 14.3. The molecule has 2 aliphatic carbocycles. The third kappa shape index (κ3) is 4.26. The van der Waals surface area contributed by atoms with E-state index < -0.39 is 11.9 Å². The molecule has 1 aromatic carbocycles. The highest BCUT2D eigenvalue weighted by Gasteiger charge is 2.54. The summed E-state index contributed by atoms with van der Waals surface area (Å²) in [5, 5.41) is 9.71. The maximum Gasteiger partial charge on any atom is 0.354 e. The van der Waals surface area contributed by atoms with Crippen molar-refractivity contribution in [1.82, 2.24) is 9.88 Å². The number of pyridine rings is 1. The average Bonchev–Trinajstić information content (AvgIpc) is 3.67. The van der Waals surface area contributed by atoms with Gasteiger partial charge in [-0.05, 0) is 67.3 Å². The molecule has 8 nitrogen and oxygen atoms in total. The van der Waals surface area contributed by atoms with Crippen LogP contribution in [0.3, 0.4) is 0 Å². The maximum atomic E-state index is 14.1. The van der Waals surface area contributed by atoms with Crippen LogP contribution in [0.4, 0.5) is 0 Å². The molecule has 1 N–H and O–H groups in total. The standard InChI is InChI=1S/C33H36N2O6/c1-16(2)21-13-24-28(31(37)35(21)5)29(27-22(36)14-33(11-12-33)15-25(27)41-24)26-18(4)19(8-10-23(26)40-6)20-9-7-17(3)30(34-20)32(38)39/h7-10,16,21,29H,11-15H2,1-6H3,(H,38,39)/t21-,29-/m0/s1. The highest BCUT2D eigenvalue weighted by molar-refractivity contribution is 6.06. The molecular weight excluding hydrogens is 520 g/mol. The number of Topliss-reactive ketones (excluding diaryl/α,β-unsaturated/α-hetero) is 1. The van der Waals surface area contributed by atoms with Crippen LogP contribution in [0.25, 0.3) is 11.3 Å². The van der Waals surface area contributed by atoms with Crippen molar-refractivity contribution in [2.24, 2.45) is 11.3 Å². The highest BCUT2D eigenvalue weighted by atomic mass is 16.5. The summed E-state index contributed by atoms with van der Waals surface area (Å²) in [6.45, 7) is 7.85. The molecule has 3 heterocycles. The molecule has 0 unspecified atom stereocenters. The van der Waals surface area contributed by atoms with Crippen LogP contribution in [-0.2, 0) is 14.3 Å². The van der Waals surface area contributed by atoms with Crippen molar-refractivity contribution in [3.8, 4) is 17.0 Å². The summed E-state index contributed by atoms with van der Waals surface area (Å²) in [6, 6.07) is 7.21. The van der Waals surface area contributed by atoms with E-state index in [1.165, 1.54) is 0 Å². The predicted octanol–water partition coefficient (Wildman–Crippen LogP) is 5.72. The van der Waals surface area contributed by atoms with E-state index in [0.29, 0.717) is 58.9 Å². The molecule has 214 valence electrons. The van der Waals surface area contributed by atoms with Crippen molar-refractivity contribution >= 4 is 17.7 Å². The Hall–Kier alpha value is -3.94. The second-order valence-corrected chi connectivity index (χ2v) is 12.4. The molecular formula is C33H36N2O6. The largest absolute Gasteiger partial charge is 0.496 e. The summed E-state index contributed by atoms with van der Waals surface area (Å²) in [5.74, 6) is 0.258. The van der Waals surface area contributed by atoms with E-state index in [0.717, 1.165) is 29.5 Å². The quantitative estimate of drug-likeness (QED) is 0.502. The third-order valence-electron chi connectivity index (χ3n) is 9.52. The zero-order valence-electron chi connectivity index (χ0n) is 24.5. The summed E-state index contributed by atoms with van der Waals surface area (Å²) in [4.78, 5) is 46.2. The molecule has 1 fully saturated rings. The molecule has 1 saturated carbocycles. The van der Waals surface area contributed by atoms with Gasteiger partial charge < -0.3 is 19.5 Å². The number of hydrogen-bond acceptors (Lipinski definition) is 6. The SMILES string of the molecule is COc1ccc(-c2ccc(C)c(C(=O)O)n2)c(C)c1[C@H]1C2=C(CC3(CC3)CC2=O)OC2=C1C(=O)N(C)[C@H](C(C)C)C2. The number of carbonyl (C=O) groups is 3. The summed E-state index contributed by atoms with van der Waals surface area (Å²) >= 11 is 0. The first-order chi connectivity index (χ1) is 19.5. The molecule has 2 aliphatic heterocycles. The molecule has 1 aromatic heterocycles. The molecule has 2 aromatic rings. The number of aromatic nitrogens is 1. The van der Waals surface area contributed by atoms with Crippen LogP contribution in [0, 0.1) is 25.2 Å². The van der Waals surface area contributed by atoms with Gasteiger partial charge in [0.25, 0.3) is 5.91 Å². The minimum absolute atomic E-state index is 0.0127. The summed E-state index contributed by atoms with van der Waals surface area (Å²) in [7, 11) is 3.41. The van der Waals surface area contributed by atoms with Crippen LogP contribution < -0.4 is 4.74 Å². The normalized spacial score (nSPS) is 23.0. The molecule has 6 rings (SSSR count). The molecule has 1 spiro atoms. The number of ether oxygens (including phenoxy) is 2. The fraction of sp³-hybridized carbons (Fsp3) is 0.455. The fourth-order valence-corrected chi connectivity index (χ4v) is 6.99. The van der Waals surface area contributed by atoms with Gasteiger partial charge in [0.2, 0.25) is 0 Å². The molecule has 0 saturated heterocycles. The van der Waals surface area contributed by atoms with Crippen molar-refractivity contribution in [3.05, 3.63) is 69.3 Å². The number of ketones is 1. The first-order valence-corrected chi connectivity index (χ1v) is 14.3. The Kier molecular flexibility index (Phi) is 6.36. The van der Waals surface area contributed by atoms with E-state index in [1.807, 2.05) is 26.1 Å². The van der Waals surface area contributed by atoms with Gasteiger partial charge in [0, 0.05) is 49.1 Å². The van der Waals surface area contributed by atoms with E-state index in [1.54, 1.807) is 31.1 Å². The number of allylic oxidation sites excluding steroid dienone is 2. The van der Waals surface area contributed by atoms with Crippen LogP contribution in [0.15, 0.2) is 46.9 Å². The molecule has 41 heavy (non-hydrogen) atoms. The van der Waals surface area contributed by atoms with Crippen LogP contribution in [0.1, 0.15) is 79.0 Å². The number of aromatic carboxylic acids is 1. The number of rotatable bonds is 5. The van der Waals surface area contributed by atoms with Gasteiger partial charge in [-0.25, -0.2) is 9.78 Å². The Balaban J connectivity index is 1.59. The topological polar surface area (TPSA) is 106 Å². The van der Waals surface area contributed by atoms with Crippen molar-refractivity contribution < 1.29 is 29.0 Å². The minimum atomic E-state index is -1.10. The van der Waals surface area contributed by atoms with Crippen molar-refractivity contribution in [2.75, 3.05) is 14.2 Å². The smallest absolute Gasteiger partial charge is 0.354 e. The molecule has 4 aliphatic rings. The van der Waals surface area contributed by atoms with Gasteiger partial charge in [0.15, 0.2) is 11.5 Å². The number of aryl methyl sites for hydroxylation is 1. The number of methoxy groups -OCH3 is 1. The molecule has 2 atom stereocenters. The number of hydrogen-bond donors (Lipinski definition) is 1. The van der Waals surface area contributed by atoms with Crippen LogP contribution in [-0.4, -0.2) is 52.8 Å². The summed E-state index contributed by atoms with van der Waals surface area (Å²) in [6.07, 6.45) is 3.74. The Morgan fingerprint density at radius 3 is 2.46 bits per heavy atom. The number of amides is 1. The van der Waals surface area contributed by atoms with E-state index >= 15 is 0 Å².